The minimum Gasteiger partial charge on any atom is -0.466 e. The maximum absolute atomic E-state index is 11.6. The van der Waals surface area contributed by atoms with E-state index in [9.17, 15) is 24.9 Å². The number of carbonyl (C=O) groups excluding carboxylic acids is 2. The van der Waals surface area contributed by atoms with Crippen LogP contribution in [0.25, 0.3) is 0 Å². The molecule has 7 heteroatoms. The summed E-state index contributed by atoms with van der Waals surface area (Å²) in [6.45, 7) is 1.22. The average Bonchev–Trinajstić information content (AvgIpc) is 2.51. The van der Waals surface area contributed by atoms with Gasteiger partial charge >= 0.3 is 11.9 Å². The third-order valence-corrected chi connectivity index (χ3v) is 3.62. The molecule has 0 radical (unpaired) electrons. The first-order valence-electron chi connectivity index (χ1n) is 5.39. The smallest absolute Gasteiger partial charge is 0.337 e. The highest BCUT2D eigenvalue weighted by molar-refractivity contribution is 5.92. The molecule has 0 amide bonds. The summed E-state index contributed by atoms with van der Waals surface area (Å²) < 4.78 is 9.19. The van der Waals surface area contributed by atoms with Crippen LogP contribution in [0, 0.1) is 11.8 Å². The lowest BCUT2D eigenvalue weighted by Gasteiger charge is -2.30. The topological polar surface area (TPSA) is 113 Å². The first kappa shape index (κ1) is 13.0. The van der Waals surface area contributed by atoms with Crippen LogP contribution in [0.2, 0.25) is 0 Å². The van der Waals surface area contributed by atoms with Gasteiger partial charge in [-0.3, -0.25) is 4.79 Å². The molecule has 2 rings (SSSR count). The van der Waals surface area contributed by atoms with Crippen molar-refractivity contribution in [2.45, 2.75) is 24.7 Å². The van der Waals surface area contributed by atoms with Crippen molar-refractivity contribution in [3.63, 3.8) is 0 Å². The van der Waals surface area contributed by atoms with Crippen LogP contribution >= 0.6 is 0 Å². The van der Waals surface area contributed by atoms with Crippen LogP contribution in [0.15, 0.2) is 11.8 Å². The molecule has 100 valence electrons. The summed E-state index contributed by atoms with van der Waals surface area (Å²) >= 11 is 0. The summed E-state index contributed by atoms with van der Waals surface area (Å²) in [5, 5.41) is 29.7. The molecular formula is C11H14O7. The summed E-state index contributed by atoms with van der Waals surface area (Å²) in [4.78, 5) is 23.2. The predicted molar refractivity (Wildman–Crippen MR) is 55.8 cm³/mol. The predicted octanol–water partition coefficient (Wildman–Crippen LogP) is -1.68. The first-order valence-corrected chi connectivity index (χ1v) is 5.39. The molecule has 0 spiro atoms. The molecule has 0 aromatic carbocycles. The Morgan fingerprint density at radius 1 is 1.50 bits per heavy atom. The van der Waals surface area contributed by atoms with Gasteiger partial charge in [-0.2, -0.15) is 0 Å². The van der Waals surface area contributed by atoms with Gasteiger partial charge in [-0.15, -0.1) is 0 Å². The standard InChI is InChI=1S/C11H14O7/c1-11(16)6-5(7(12)8(11)13)4(9(14)17-2)3-18-10(6)15/h3,5-8,12-13,16H,1-2H3/t5-,6-,7-,8+,11-/m1/s1. The Morgan fingerprint density at radius 2 is 2.11 bits per heavy atom. The minimum atomic E-state index is -1.87. The largest absolute Gasteiger partial charge is 0.466 e. The molecule has 1 saturated carbocycles. The van der Waals surface area contributed by atoms with Gasteiger partial charge in [-0.05, 0) is 6.92 Å². The second kappa shape index (κ2) is 4.04. The van der Waals surface area contributed by atoms with Crippen molar-refractivity contribution in [3.8, 4) is 0 Å². The van der Waals surface area contributed by atoms with E-state index in [0.717, 1.165) is 13.4 Å². The number of hydrogen-bond acceptors (Lipinski definition) is 7. The summed E-state index contributed by atoms with van der Waals surface area (Å²) in [6.07, 6.45) is -2.10. The number of aliphatic hydroxyl groups is 3. The van der Waals surface area contributed by atoms with Crippen LogP contribution in [0.3, 0.4) is 0 Å². The summed E-state index contributed by atoms with van der Waals surface area (Å²) in [5.41, 5.74) is -1.94. The maximum atomic E-state index is 11.6. The van der Waals surface area contributed by atoms with Gasteiger partial charge in [0.2, 0.25) is 0 Å². The van der Waals surface area contributed by atoms with Crippen molar-refractivity contribution in [1.29, 1.82) is 0 Å². The fraction of sp³-hybridized carbons (Fsp3) is 0.636. The Hall–Kier alpha value is -1.44. The van der Waals surface area contributed by atoms with Crippen LogP contribution in [0.4, 0.5) is 0 Å². The molecule has 1 fully saturated rings. The van der Waals surface area contributed by atoms with Gasteiger partial charge in [0.15, 0.2) is 0 Å². The number of ether oxygens (including phenoxy) is 2. The third kappa shape index (κ3) is 1.55. The highest BCUT2D eigenvalue weighted by Crippen LogP contribution is 2.47. The van der Waals surface area contributed by atoms with Crippen molar-refractivity contribution in [3.05, 3.63) is 11.8 Å². The molecule has 1 aliphatic carbocycles. The lowest BCUT2D eigenvalue weighted by molar-refractivity contribution is -0.158. The highest BCUT2D eigenvalue weighted by Gasteiger charge is 2.63. The van der Waals surface area contributed by atoms with Gasteiger partial charge in [-0.25, -0.2) is 4.79 Å². The number of esters is 2. The monoisotopic (exact) mass is 258 g/mol. The van der Waals surface area contributed by atoms with Crippen molar-refractivity contribution in [2.75, 3.05) is 7.11 Å². The Bertz CT molecular complexity index is 425. The van der Waals surface area contributed by atoms with E-state index in [0.29, 0.717) is 0 Å². The van der Waals surface area contributed by atoms with Gasteiger partial charge < -0.3 is 24.8 Å². The fourth-order valence-corrected chi connectivity index (χ4v) is 2.61. The third-order valence-electron chi connectivity index (χ3n) is 3.62. The second-order valence-electron chi connectivity index (χ2n) is 4.67. The van der Waals surface area contributed by atoms with Crippen molar-refractivity contribution < 1.29 is 34.4 Å². The van der Waals surface area contributed by atoms with E-state index in [1.807, 2.05) is 0 Å². The quantitative estimate of drug-likeness (QED) is 0.481. The average molecular weight is 258 g/mol. The van der Waals surface area contributed by atoms with Crippen LogP contribution < -0.4 is 0 Å². The molecular weight excluding hydrogens is 244 g/mol. The van der Waals surface area contributed by atoms with Crippen molar-refractivity contribution >= 4 is 11.9 Å². The molecule has 0 unspecified atom stereocenters. The molecule has 2 aliphatic rings. The van der Waals surface area contributed by atoms with E-state index in [4.69, 9.17) is 0 Å². The molecule has 1 aliphatic heterocycles. The maximum Gasteiger partial charge on any atom is 0.337 e. The summed E-state index contributed by atoms with van der Waals surface area (Å²) in [6, 6.07) is 0. The number of rotatable bonds is 1. The Balaban J connectivity index is 2.47. The Kier molecular flexibility index (Phi) is 2.92. The van der Waals surface area contributed by atoms with Crippen LogP contribution in [0.5, 0.6) is 0 Å². The van der Waals surface area contributed by atoms with Crippen LogP contribution in [0.1, 0.15) is 6.92 Å². The van der Waals surface area contributed by atoms with Crippen LogP contribution in [-0.2, 0) is 19.1 Å². The number of cyclic esters (lactones) is 1. The van der Waals surface area contributed by atoms with Gasteiger partial charge in [-0.1, -0.05) is 0 Å². The fourth-order valence-electron chi connectivity index (χ4n) is 2.61. The Morgan fingerprint density at radius 3 is 2.67 bits per heavy atom. The highest BCUT2D eigenvalue weighted by atomic mass is 16.5. The number of fused-ring (bicyclic) bond motifs is 1. The molecule has 0 saturated heterocycles. The zero-order valence-electron chi connectivity index (χ0n) is 9.86. The van der Waals surface area contributed by atoms with E-state index in [1.54, 1.807) is 0 Å². The van der Waals surface area contributed by atoms with E-state index in [-0.39, 0.29) is 5.57 Å². The molecule has 1 heterocycles. The molecule has 5 atom stereocenters. The van der Waals surface area contributed by atoms with Gasteiger partial charge in [0, 0.05) is 5.92 Å². The van der Waals surface area contributed by atoms with Crippen molar-refractivity contribution in [2.24, 2.45) is 11.8 Å². The second-order valence-corrected chi connectivity index (χ2v) is 4.67. The molecule has 0 aromatic rings. The zero-order valence-corrected chi connectivity index (χ0v) is 9.86. The summed E-state index contributed by atoms with van der Waals surface area (Å²) in [7, 11) is 1.14. The molecule has 0 aromatic heterocycles. The van der Waals surface area contributed by atoms with Gasteiger partial charge in [0.1, 0.15) is 18.0 Å². The van der Waals surface area contributed by atoms with Gasteiger partial charge in [0.25, 0.3) is 0 Å². The molecule has 7 nitrogen and oxygen atoms in total. The number of hydrogen-bond donors (Lipinski definition) is 3. The zero-order chi connectivity index (χ0) is 13.7. The lowest BCUT2D eigenvalue weighted by Crippen LogP contribution is -2.46. The Labute approximate surface area is 103 Å². The molecule has 18 heavy (non-hydrogen) atoms. The lowest BCUT2D eigenvalue weighted by atomic mass is 9.81. The van der Waals surface area contributed by atoms with Crippen molar-refractivity contribution in [1.82, 2.24) is 0 Å². The van der Waals surface area contributed by atoms with Crippen LogP contribution in [-0.4, -0.2) is 52.2 Å². The SMILES string of the molecule is COC(=O)C1=COC(=O)[C@H]2[C@@H]1[C@@H](O)[C@H](O)[C@]2(C)O. The first-order chi connectivity index (χ1) is 8.32. The van der Waals surface area contributed by atoms with E-state index >= 15 is 0 Å². The minimum absolute atomic E-state index is 0.0774. The molecule has 3 N–H and O–H groups in total. The molecule has 0 bridgehead atoms. The number of methoxy groups -OCH3 is 1. The normalized spacial score (nSPS) is 42.9. The number of aliphatic hydroxyl groups excluding tert-OH is 2. The number of carbonyl (C=O) groups is 2. The van der Waals surface area contributed by atoms with Gasteiger partial charge in [0.05, 0.1) is 24.7 Å². The summed E-state index contributed by atoms with van der Waals surface area (Å²) in [5.74, 6) is -3.82. The van der Waals surface area contributed by atoms with E-state index < -0.39 is 41.6 Å². The van der Waals surface area contributed by atoms with E-state index in [1.165, 1.54) is 6.92 Å². The van der Waals surface area contributed by atoms with E-state index in [2.05, 4.69) is 9.47 Å².